The monoisotopic (exact) mass is 169 g/mol. The van der Waals surface area contributed by atoms with Gasteiger partial charge in [0.15, 0.2) is 5.60 Å². The van der Waals surface area contributed by atoms with Crippen LogP contribution in [-0.4, -0.2) is 11.6 Å². The van der Waals surface area contributed by atoms with Gasteiger partial charge in [-0.1, -0.05) is 13.8 Å². The third kappa shape index (κ3) is 3.38. The predicted molar refractivity (Wildman–Crippen MR) is 45.2 cm³/mol. The molecule has 0 saturated carbocycles. The van der Waals surface area contributed by atoms with E-state index in [1.807, 2.05) is 13.0 Å². The Balaban J connectivity index is 4.12. The molecule has 0 heterocycles. The molecular weight excluding hydrogens is 154 g/mol. The molecule has 12 heavy (non-hydrogen) atoms. The lowest BCUT2D eigenvalue weighted by Crippen LogP contribution is -2.28. The van der Waals surface area contributed by atoms with E-state index < -0.39 is 5.60 Å². The topological polar surface area (TPSA) is 50.1 Å². The van der Waals surface area contributed by atoms with Gasteiger partial charge in [0, 0.05) is 0 Å². The van der Waals surface area contributed by atoms with Crippen molar-refractivity contribution in [2.75, 3.05) is 0 Å². The maximum Gasteiger partial charge on any atom is 0.310 e. The number of nitriles is 1. The second-order valence-electron chi connectivity index (χ2n) is 3.35. The van der Waals surface area contributed by atoms with E-state index in [1.54, 1.807) is 20.8 Å². The highest BCUT2D eigenvalue weighted by Gasteiger charge is 2.24. The fourth-order valence-corrected chi connectivity index (χ4v) is 0.542. The number of rotatable bonds is 3. The standard InChI is InChI=1S/C9H15NO2/c1-5-7(2)8(11)12-9(3,4)6-10/h7H,5H2,1-4H3. The molecule has 0 spiro atoms. The lowest BCUT2D eigenvalue weighted by Gasteiger charge is -2.18. The second-order valence-corrected chi connectivity index (χ2v) is 3.35. The first kappa shape index (κ1) is 11.0. The third-order valence-corrected chi connectivity index (χ3v) is 1.64. The van der Waals surface area contributed by atoms with Gasteiger partial charge in [0.05, 0.1) is 5.92 Å². The van der Waals surface area contributed by atoms with Gasteiger partial charge in [-0.05, 0) is 20.3 Å². The number of ether oxygens (including phenoxy) is 1. The van der Waals surface area contributed by atoms with Gasteiger partial charge in [0.1, 0.15) is 6.07 Å². The maximum atomic E-state index is 11.2. The summed E-state index contributed by atoms with van der Waals surface area (Å²) in [4.78, 5) is 11.2. The molecule has 0 aromatic rings. The molecule has 0 bridgehead atoms. The zero-order valence-corrected chi connectivity index (χ0v) is 8.05. The molecule has 0 rings (SSSR count). The number of carbonyl (C=O) groups excluding carboxylic acids is 1. The predicted octanol–water partition coefficient (Wildman–Crippen LogP) is 1.88. The molecule has 0 amide bonds. The first-order valence-electron chi connectivity index (χ1n) is 4.07. The fraction of sp³-hybridized carbons (Fsp3) is 0.778. The summed E-state index contributed by atoms with van der Waals surface area (Å²) in [6.45, 7) is 6.85. The van der Waals surface area contributed by atoms with E-state index in [2.05, 4.69) is 0 Å². The highest BCUT2D eigenvalue weighted by molar-refractivity contribution is 5.72. The minimum atomic E-state index is -0.999. The normalized spacial score (nSPS) is 13.2. The Morgan fingerprint density at radius 2 is 2.17 bits per heavy atom. The van der Waals surface area contributed by atoms with E-state index in [9.17, 15) is 4.79 Å². The number of nitrogens with zero attached hydrogens (tertiary/aromatic N) is 1. The summed E-state index contributed by atoms with van der Waals surface area (Å²) in [5.41, 5.74) is -0.999. The summed E-state index contributed by atoms with van der Waals surface area (Å²) in [5, 5.41) is 8.57. The van der Waals surface area contributed by atoms with Crippen LogP contribution in [0.15, 0.2) is 0 Å². The molecule has 0 aromatic carbocycles. The summed E-state index contributed by atoms with van der Waals surface area (Å²) in [6, 6.07) is 1.91. The Labute approximate surface area is 73.3 Å². The summed E-state index contributed by atoms with van der Waals surface area (Å²) in [7, 11) is 0. The van der Waals surface area contributed by atoms with Crippen LogP contribution in [0.5, 0.6) is 0 Å². The fourth-order valence-electron chi connectivity index (χ4n) is 0.542. The van der Waals surface area contributed by atoms with Crippen molar-refractivity contribution in [3.8, 4) is 6.07 Å². The average Bonchev–Trinajstić information content (AvgIpc) is 2.02. The van der Waals surface area contributed by atoms with Crippen LogP contribution in [-0.2, 0) is 9.53 Å². The Hall–Kier alpha value is -1.04. The molecule has 0 aliphatic rings. The van der Waals surface area contributed by atoms with Crippen LogP contribution in [0.25, 0.3) is 0 Å². The van der Waals surface area contributed by atoms with Gasteiger partial charge in [-0.25, -0.2) is 0 Å². The molecule has 0 aliphatic heterocycles. The molecule has 1 atom stereocenters. The van der Waals surface area contributed by atoms with Gasteiger partial charge in [-0.3, -0.25) is 4.79 Å². The molecule has 0 saturated heterocycles. The van der Waals surface area contributed by atoms with E-state index in [0.717, 1.165) is 6.42 Å². The van der Waals surface area contributed by atoms with Gasteiger partial charge in [0.2, 0.25) is 0 Å². The highest BCUT2D eigenvalue weighted by atomic mass is 16.6. The molecule has 1 unspecified atom stereocenters. The number of hydrogen-bond donors (Lipinski definition) is 0. The molecule has 3 nitrogen and oxygen atoms in total. The SMILES string of the molecule is CCC(C)C(=O)OC(C)(C)C#N. The molecular formula is C9H15NO2. The molecule has 0 N–H and O–H groups in total. The number of esters is 1. The van der Waals surface area contributed by atoms with Gasteiger partial charge >= 0.3 is 5.97 Å². The smallest absolute Gasteiger partial charge is 0.310 e. The van der Waals surface area contributed by atoms with Crippen LogP contribution >= 0.6 is 0 Å². The van der Waals surface area contributed by atoms with E-state index in [-0.39, 0.29) is 11.9 Å². The van der Waals surface area contributed by atoms with Crippen molar-refractivity contribution in [3.63, 3.8) is 0 Å². The van der Waals surface area contributed by atoms with Crippen molar-refractivity contribution in [1.82, 2.24) is 0 Å². The minimum Gasteiger partial charge on any atom is -0.444 e. The Bertz CT molecular complexity index is 203. The zero-order valence-electron chi connectivity index (χ0n) is 8.05. The second kappa shape index (κ2) is 4.10. The van der Waals surface area contributed by atoms with Crippen LogP contribution < -0.4 is 0 Å². The van der Waals surface area contributed by atoms with Crippen molar-refractivity contribution in [3.05, 3.63) is 0 Å². The number of carbonyl (C=O) groups is 1. The van der Waals surface area contributed by atoms with Gasteiger partial charge in [-0.15, -0.1) is 0 Å². The molecule has 0 aliphatic carbocycles. The Morgan fingerprint density at radius 3 is 2.50 bits per heavy atom. The lowest BCUT2D eigenvalue weighted by atomic mass is 10.1. The Morgan fingerprint density at radius 1 is 1.67 bits per heavy atom. The van der Waals surface area contributed by atoms with Crippen LogP contribution in [0.3, 0.4) is 0 Å². The highest BCUT2D eigenvalue weighted by Crippen LogP contribution is 2.12. The number of hydrogen-bond acceptors (Lipinski definition) is 3. The average molecular weight is 169 g/mol. The van der Waals surface area contributed by atoms with Crippen molar-refractivity contribution >= 4 is 5.97 Å². The first-order chi connectivity index (χ1) is 5.43. The lowest BCUT2D eigenvalue weighted by molar-refractivity contribution is -0.156. The van der Waals surface area contributed by atoms with Crippen LogP contribution in [0.1, 0.15) is 34.1 Å². The van der Waals surface area contributed by atoms with E-state index in [0.29, 0.717) is 0 Å². The summed E-state index contributed by atoms with van der Waals surface area (Å²) < 4.78 is 4.94. The first-order valence-corrected chi connectivity index (χ1v) is 4.07. The van der Waals surface area contributed by atoms with Crippen LogP contribution in [0.4, 0.5) is 0 Å². The van der Waals surface area contributed by atoms with Crippen molar-refractivity contribution in [1.29, 1.82) is 5.26 Å². The summed E-state index contributed by atoms with van der Waals surface area (Å²) >= 11 is 0. The molecule has 0 fully saturated rings. The molecule has 68 valence electrons. The van der Waals surface area contributed by atoms with Crippen LogP contribution in [0, 0.1) is 17.2 Å². The van der Waals surface area contributed by atoms with Crippen molar-refractivity contribution < 1.29 is 9.53 Å². The summed E-state index contributed by atoms with van der Waals surface area (Å²) in [5.74, 6) is -0.429. The quantitative estimate of drug-likeness (QED) is 0.606. The zero-order chi connectivity index (χ0) is 9.78. The summed E-state index contributed by atoms with van der Waals surface area (Å²) in [6.07, 6.45) is 0.736. The maximum absolute atomic E-state index is 11.2. The molecule has 0 radical (unpaired) electrons. The van der Waals surface area contributed by atoms with E-state index >= 15 is 0 Å². The molecule has 0 aromatic heterocycles. The Kier molecular flexibility index (Phi) is 3.75. The van der Waals surface area contributed by atoms with Crippen molar-refractivity contribution in [2.45, 2.75) is 39.7 Å². The van der Waals surface area contributed by atoms with Gasteiger partial charge in [0.25, 0.3) is 0 Å². The van der Waals surface area contributed by atoms with Gasteiger partial charge in [-0.2, -0.15) is 5.26 Å². The van der Waals surface area contributed by atoms with E-state index in [4.69, 9.17) is 10.00 Å². The molecule has 3 heteroatoms. The van der Waals surface area contributed by atoms with E-state index in [1.165, 1.54) is 0 Å². The minimum absolute atomic E-state index is 0.127. The van der Waals surface area contributed by atoms with Crippen LogP contribution in [0.2, 0.25) is 0 Å². The third-order valence-electron chi connectivity index (χ3n) is 1.64. The van der Waals surface area contributed by atoms with Gasteiger partial charge < -0.3 is 4.74 Å². The largest absolute Gasteiger partial charge is 0.444 e. The van der Waals surface area contributed by atoms with Crippen molar-refractivity contribution in [2.24, 2.45) is 5.92 Å².